The number of halogens is 1. The normalized spacial score (nSPS) is 13.0. The maximum absolute atomic E-state index is 11.1. The van der Waals surface area contributed by atoms with Crippen LogP contribution in [-0.2, 0) is 0 Å². The van der Waals surface area contributed by atoms with Gasteiger partial charge in [0.25, 0.3) is 0 Å². The number of allylic oxidation sites excluding steroid dienone is 1. The molecule has 0 spiro atoms. The van der Waals surface area contributed by atoms with E-state index in [1.165, 1.54) is 6.42 Å². The van der Waals surface area contributed by atoms with E-state index in [-0.39, 0.29) is 27.6 Å². The van der Waals surface area contributed by atoms with Gasteiger partial charge in [-0.05, 0) is 30.7 Å². The molecule has 2 N–H and O–H groups in total. The van der Waals surface area contributed by atoms with Crippen LogP contribution in [0.5, 0.6) is 11.5 Å². The Labute approximate surface area is 137 Å². The molecule has 1 rings (SSSR count). The number of phenolic OH excluding ortho intramolecular Hbond substituents is 2. The standard InChI is InChI=1S/C18H25ClO3/c1-11(2)6-5-7-12(3)8-9-14-17(21)15(10-20)13(4)16(19)18(14)22/h8-12,21-22H,5-7H2,1-4H3/b9-8+. The van der Waals surface area contributed by atoms with Crippen LogP contribution < -0.4 is 0 Å². The van der Waals surface area contributed by atoms with Gasteiger partial charge in [0.2, 0.25) is 0 Å². The van der Waals surface area contributed by atoms with Crippen LogP contribution in [0.4, 0.5) is 0 Å². The molecule has 0 bridgehead atoms. The van der Waals surface area contributed by atoms with E-state index in [1.807, 2.05) is 6.08 Å². The van der Waals surface area contributed by atoms with Gasteiger partial charge in [-0.1, -0.05) is 57.4 Å². The Morgan fingerprint density at radius 3 is 2.27 bits per heavy atom. The van der Waals surface area contributed by atoms with E-state index in [0.29, 0.717) is 23.7 Å². The summed E-state index contributed by atoms with van der Waals surface area (Å²) in [4.78, 5) is 11.1. The van der Waals surface area contributed by atoms with Crippen molar-refractivity contribution in [3.63, 3.8) is 0 Å². The molecule has 0 aliphatic heterocycles. The van der Waals surface area contributed by atoms with E-state index in [9.17, 15) is 15.0 Å². The number of hydrogen-bond acceptors (Lipinski definition) is 3. The second-order valence-corrected chi connectivity index (χ2v) is 6.62. The molecule has 0 aliphatic rings. The summed E-state index contributed by atoms with van der Waals surface area (Å²) in [6, 6.07) is 0. The molecule has 3 nitrogen and oxygen atoms in total. The van der Waals surface area contributed by atoms with Crippen molar-refractivity contribution in [1.29, 1.82) is 0 Å². The van der Waals surface area contributed by atoms with Crippen molar-refractivity contribution in [3.8, 4) is 11.5 Å². The van der Waals surface area contributed by atoms with Crippen molar-refractivity contribution in [3.05, 3.63) is 27.8 Å². The third-order valence-corrected chi connectivity index (χ3v) is 4.32. The number of aromatic hydroxyl groups is 2. The lowest BCUT2D eigenvalue weighted by atomic mass is 9.97. The summed E-state index contributed by atoms with van der Waals surface area (Å²) in [5.74, 6) is 0.598. The molecule has 4 heteroatoms. The zero-order valence-corrected chi connectivity index (χ0v) is 14.4. The molecule has 0 radical (unpaired) electrons. The van der Waals surface area contributed by atoms with Gasteiger partial charge < -0.3 is 10.2 Å². The van der Waals surface area contributed by atoms with Gasteiger partial charge in [-0.15, -0.1) is 0 Å². The topological polar surface area (TPSA) is 57.5 Å². The molecule has 0 saturated carbocycles. The maximum Gasteiger partial charge on any atom is 0.154 e. The first kappa shape index (κ1) is 18.6. The predicted octanol–water partition coefficient (Wildman–Crippen LogP) is 5.35. The van der Waals surface area contributed by atoms with Crippen LogP contribution in [0.2, 0.25) is 5.02 Å². The Hall–Kier alpha value is -1.48. The SMILES string of the molecule is Cc1c(Cl)c(O)c(/C=C/C(C)CCCC(C)C)c(O)c1C=O. The minimum absolute atomic E-state index is 0.104. The molecule has 1 unspecified atom stereocenters. The lowest BCUT2D eigenvalue weighted by Gasteiger charge is -2.12. The summed E-state index contributed by atoms with van der Waals surface area (Å²) in [5.41, 5.74) is 0.706. The van der Waals surface area contributed by atoms with Crippen molar-refractivity contribution in [2.45, 2.75) is 47.0 Å². The zero-order chi connectivity index (χ0) is 16.9. The summed E-state index contributed by atoms with van der Waals surface area (Å²) < 4.78 is 0. The van der Waals surface area contributed by atoms with Gasteiger partial charge in [0.1, 0.15) is 11.5 Å². The molecule has 122 valence electrons. The van der Waals surface area contributed by atoms with Crippen molar-refractivity contribution >= 4 is 24.0 Å². The summed E-state index contributed by atoms with van der Waals surface area (Å²) >= 11 is 6.02. The van der Waals surface area contributed by atoms with Gasteiger partial charge in [0.15, 0.2) is 6.29 Å². The third kappa shape index (κ3) is 4.51. The number of carbonyl (C=O) groups excluding carboxylic acids is 1. The zero-order valence-electron chi connectivity index (χ0n) is 13.7. The van der Waals surface area contributed by atoms with Crippen molar-refractivity contribution in [2.24, 2.45) is 11.8 Å². The molecule has 0 saturated heterocycles. The number of rotatable bonds is 7. The molecule has 1 aromatic carbocycles. The quantitative estimate of drug-likeness (QED) is 0.665. The second-order valence-electron chi connectivity index (χ2n) is 6.24. The fraction of sp³-hybridized carbons (Fsp3) is 0.500. The lowest BCUT2D eigenvalue weighted by Crippen LogP contribution is -1.95. The largest absolute Gasteiger partial charge is 0.506 e. The van der Waals surface area contributed by atoms with Crippen LogP contribution in [-0.4, -0.2) is 16.5 Å². The Morgan fingerprint density at radius 2 is 1.73 bits per heavy atom. The summed E-state index contributed by atoms with van der Waals surface area (Å²) in [7, 11) is 0. The van der Waals surface area contributed by atoms with Crippen molar-refractivity contribution in [2.75, 3.05) is 0 Å². The van der Waals surface area contributed by atoms with Crippen LogP contribution in [0.15, 0.2) is 6.08 Å². The molecule has 0 amide bonds. The van der Waals surface area contributed by atoms with Gasteiger partial charge >= 0.3 is 0 Å². The summed E-state index contributed by atoms with van der Waals surface area (Å²) in [6.45, 7) is 8.08. The Kier molecular flexibility index (Phi) is 6.95. The van der Waals surface area contributed by atoms with E-state index in [1.54, 1.807) is 13.0 Å². The summed E-state index contributed by atoms with van der Waals surface area (Å²) in [5, 5.41) is 20.3. The monoisotopic (exact) mass is 324 g/mol. The molecule has 0 heterocycles. The fourth-order valence-corrected chi connectivity index (χ4v) is 2.56. The van der Waals surface area contributed by atoms with Gasteiger partial charge in [0.05, 0.1) is 16.1 Å². The van der Waals surface area contributed by atoms with E-state index in [4.69, 9.17) is 11.6 Å². The van der Waals surface area contributed by atoms with Crippen molar-refractivity contribution < 1.29 is 15.0 Å². The number of phenols is 2. The molecule has 0 aromatic heterocycles. The maximum atomic E-state index is 11.1. The minimum atomic E-state index is -0.222. The van der Waals surface area contributed by atoms with Gasteiger partial charge in [-0.25, -0.2) is 0 Å². The number of benzene rings is 1. The molecule has 0 aliphatic carbocycles. The van der Waals surface area contributed by atoms with Gasteiger partial charge in [-0.2, -0.15) is 0 Å². The van der Waals surface area contributed by atoms with E-state index < -0.39 is 0 Å². The Morgan fingerprint density at radius 1 is 1.09 bits per heavy atom. The van der Waals surface area contributed by atoms with Gasteiger partial charge in [0, 0.05) is 0 Å². The average Bonchev–Trinajstić information content (AvgIpc) is 2.45. The van der Waals surface area contributed by atoms with Crippen LogP contribution in [0.1, 0.15) is 61.5 Å². The lowest BCUT2D eigenvalue weighted by molar-refractivity contribution is 0.112. The number of carbonyl (C=O) groups is 1. The molecule has 22 heavy (non-hydrogen) atoms. The molecule has 0 fully saturated rings. The average molecular weight is 325 g/mol. The predicted molar refractivity (Wildman–Crippen MR) is 91.8 cm³/mol. The summed E-state index contributed by atoms with van der Waals surface area (Å²) in [6.07, 6.45) is 7.48. The first-order chi connectivity index (χ1) is 10.3. The van der Waals surface area contributed by atoms with Crippen molar-refractivity contribution in [1.82, 2.24) is 0 Å². The third-order valence-electron chi connectivity index (χ3n) is 3.86. The fourth-order valence-electron chi connectivity index (χ4n) is 2.36. The smallest absolute Gasteiger partial charge is 0.154 e. The highest BCUT2D eigenvalue weighted by Gasteiger charge is 2.18. The highest BCUT2D eigenvalue weighted by Crippen LogP contribution is 2.40. The van der Waals surface area contributed by atoms with Gasteiger partial charge in [-0.3, -0.25) is 4.79 Å². The van der Waals surface area contributed by atoms with E-state index in [0.717, 1.165) is 12.8 Å². The van der Waals surface area contributed by atoms with Crippen LogP contribution >= 0.6 is 11.6 Å². The van der Waals surface area contributed by atoms with Crippen LogP contribution in [0, 0.1) is 18.8 Å². The van der Waals surface area contributed by atoms with E-state index >= 15 is 0 Å². The molecular formula is C18H25ClO3. The number of hydrogen-bond donors (Lipinski definition) is 2. The van der Waals surface area contributed by atoms with Crippen LogP contribution in [0.3, 0.4) is 0 Å². The highest BCUT2D eigenvalue weighted by molar-refractivity contribution is 6.33. The first-order valence-electron chi connectivity index (χ1n) is 7.66. The highest BCUT2D eigenvalue weighted by atomic mass is 35.5. The molecule has 1 atom stereocenters. The Balaban J connectivity index is 2.95. The first-order valence-corrected chi connectivity index (χ1v) is 8.04. The minimum Gasteiger partial charge on any atom is -0.506 e. The number of aldehydes is 1. The molecular weight excluding hydrogens is 300 g/mol. The second kappa shape index (κ2) is 8.23. The van der Waals surface area contributed by atoms with E-state index in [2.05, 4.69) is 20.8 Å². The molecule has 1 aromatic rings. The Bertz CT molecular complexity index is 562. The van der Waals surface area contributed by atoms with Crippen LogP contribution in [0.25, 0.3) is 6.08 Å².